The average Bonchev–Trinajstić information content (AvgIpc) is 2.35. The molecule has 0 fully saturated rings. The zero-order chi connectivity index (χ0) is 12.8. The normalized spacial score (nSPS) is 13.1. The van der Waals surface area contributed by atoms with Gasteiger partial charge in [-0.05, 0) is 24.0 Å². The molecule has 0 spiro atoms. The van der Waals surface area contributed by atoms with E-state index < -0.39 is 0 Å². The highest BCUT2D eigenvalue weighted by atomic mass is 35.5. The first kappa shape index (κ1) is 14.8. The van der Waals surface area contributed by atoms with Crippen LogP contribution in [0.4, 0.5) is 0 Å². The van der Waals surface area contributed by atoms with Crippen LogP contribution in [0, 0.1) is 5.92 Å². The molecule has 1 unspecified atom stereocenters. The maximum atomic E-state index is 6.21. The monoisotopic (exact) mass is 274 g/mol. The maximum absolute atomic E-state index is 6.21. The smallest absolute Gasteiger partial charge is 0.0640 e. The van der Waals surface area contributed by atoms with E-state index in [1.807, 2.05) is 12.1 Å². The van der Waals surface area contributed by atoms with Crippen LogP contribution in [0.5, 0.6) is 0 Å². The number of halogens is 2. The summed E-state index contributed by atoms with van der Waals surface area (Å²) in [5, 5.41) is 1.18. The quantitative estimate of drug-likeness (QED) is 0.599. The molecule has 3 N–H and O–H groups in total. The first-order valence-corrected chi connectivity index (χ1v) is 6.79. The zero-order valence-electron chi connectivity index (χ0n) is 10.3. The molecule has 1 rings (SSSR count). The van der Waals surface area contributed by atoms with Gasteiger partial charge >= 0.3 is 0 Å². The van der Waals surface area contributed by atoms with Gasteiger partial charge in [-0.1, -0.05) is 62.0 Å². The lowest BCUT2D eigenvalue weighted by Gasteiger charge is -2.22. The number of rotatable bonds is 6. The molecule has 0 aliphatic rings. The Hall–Kier alpha value is -0.280. The molecule has 0 aliphatic heterocycles. The number of nitrogens with one attached hydrogen (secondary N) is 1. The van der Waals surface area contributed by atoms with Crippen molar-refractivity contribution in [3.05, 3.63) is 33.8 Å². The van der Waals surface area contributed by atoms with Gasteiger partial charge in [0, 0.05) is 6.04 Å². The predicted octanol–water partition coefficient (Wildman–Crippen LogP) is 4.32. The summed E-state index contributed by atoms with van der Waals surface area (Å²) >= 11 is 12.2. The van der Waals surface area contributed by atoms with Crippen LogP contribution in [0.1, 0.15) is 44.7 Å². The highest BCUT2D eigenvalue weighted by Crippen LogP contribution is 2.33. The van der Waals surface area contributed by atoms with E-state index in [0.29, 0.717) is 16.0 Å². The summed E-state index contributed by atoms with van der Waals surface area (Å²) in [6.07, 6.45) is 3.27. The highest BCUT2D eigenvalue weighted by molar-refractivity contribution is 6.42. The van der Waals surface area contributed by atoms with Crippen LogP contribution < -0.4 is 11.3 Å². The lowest BCUT2D eigenvalue weighted by molar-refractivity contribution is 0.375. The number of hydrazine groups is 1. The largest absolute Gasteiger partial charge is 0.271 e. The Morgan fingerprint density at radius 1 is 1.24 bits per heavy atom. The fraction of sp³-hybridized carbons (Fsp3) is 0.538. The van der Waals surface area contributed by atoms with Crippen LogP contribution >= 0.6 is 23.2 Å². The molecule has 0 radical (unpaired) electrons. The summed E-state index contributed by atoms with van der Waals surface area (Å²) in [4.78, 5) is 0. The van der Waals surface area contributed by atoms with Crippen molar-refractivity contribution in [1.82, 2.24) is 5.43 Å². The van der Waals surface area contributed by atoms with Crippen molar-refractivity contribution in [2.45, 2.75) is 39.2 Å². The van der Waals surface area contributed by atoms with Crippen molar-refractivity contribution in [3.8, 4) is 0 Å². The van der Waals surface area contributed by atoms with Crippen molar-refractivity contribution < 1.29 is 0 Å². The van der Waals surface area contributed by atoms with Crippen molar-refractivity contribution >= 4 is 23.2 Å². The Balaban J connectivity index is 2.89. The second-order valence-electron chi connectivity index (χ2n) is 4.28. The molecular formula is C13H20Cl2N2. The van der Waals surface area contributed by atoms with E-state index in [9.17, 15) is 0 Å². The van der Waals surface area contributed by atoms with Crippen LogP contribution in [0.25, 0.3) is 0 Å². The van der Waals surface area contributed by atoms with Crippen molar-refractivity contribution in [2.24, 2.45) is 11.8 Å². The number of hydrogen-bond acceptors (Lipinski definition) is 2. The van der Waals surface area contributed by atoms with E-state index in [2.05, 4.69) is 19.3 Å². The maximum Gasteiger partial charge on any atom is 0.0640 e. The summed E-state index contributed by atoms with van der Waals surface area (Å²) in [5.74, 6) is 6.27. The molecule has 0 heterocycles. The van der Waals surface area contributed by atoms with E-state index in [0.717, 1.165) is 24.8 Å². The van der Waals surface area contributed by atoms with Gasteiger partial charge in [0.15, 0.2) is 0 Å². The Kier molecular flexibility index (Phi) is 6.28. The van der Waals surface area contributed by atoms with Gasteiger partial charge in [-0.15, -0.1) is 0 Å². The SMILES string of the molecule is CCC(CC)CC(NN)c1cccc(Cl)c1Cl. The molecule has 0 bridgehead atoms. The Morgan fingerprint density at radius 2 is 1.88 bits per heavy atom. The minimum atomic E-state index is 0.0612. The van der Waals surface area contributed by atoms with Gasteiger partial charge in [0.1, 0.15) is 0 Å². The molecule has 0 saturated heterocycles. The molecule has 4 heteroatoms. The molecule has 96 valence electrons. The molecule has 1 aromatic rings. The number of hydrogen-bond donors (Lipinski definition) is 2. The minimum absolute atomic E-state index is 0.0612. The number of benzene rings is 1. The lowest BCUT2D eigenvalue weighted by atomic mass is 9.91. The summed E-state index contributed by atoms with van der Waals surface area (Å²) < 4.78 is 0. The molecule has 1 aromatic carbocycles. The van der Waals surface area contributed by atoms with Crippen molar-refractivity contribution in [1.29, 1.82) is 0 Å². The van der Waals surface area contributed by atoms with Crippen LogP contribution in [-0.2, 0) is 0 Å². The minimum Gasteiger partial charge on any atom is -0.271 e. The molecule has 17 heavy (non-hydrogen) atoms. The van der Waals surface area contributed by atoms with E-state index in [-0.39, 0.29) is 6.04 Å². The Bertz CT molecular complexity index is 351. The molecule has 0 saturated carbocycles. The van der Waals surface area contributed by atoms with E-state index in [4.69, 9.17) is 29.0 Å². The third-order valence-electron chi connectivity index (χ3n) is 3.28. The van der Waals surface area contributed by atoms with E-state index >= 15 is 0 Å². The predicted molar refractivity (Wildman–Crippen MR) is 75.2 cm³/mol. The van der Waals surface area contributed by atoms with Gasteiger partial charge in [-0.2, -0.15) is 0 Å². The summed E-state index contributed by atoms with van der Waals surface area (Å²) in [5.41, 5.74) is 3.82. The topological polar surface area (TPSA) is 38.0 Å². The zero-order valence-corrected chi connectivity index (χ0v) is 11.9. The molecule has 0 amide bonds. The first-order chi connectivity index (χ1) is 8.13. The van der Waals surface area contributed by atoms with E-state index in [1.165, 1.54) is 0 Å². The molecule has 0 aliphatic carbocycles. The summed E-state index contributed by atoms with van der Waals surface area (Å²) in [6, 6.07) is 5.73. The fourth-order valence-corrected chi connectivity index (χ4v) is 2.47. The first-order valence-electron chi connectivity index (χ1n) is 6.04. The van der Waals surface area contributed by atoms with Gasteiger partial charge < -0.3 is 0 Å². The van der Waals surface area contributed by atoms with E-state index in [1.54, 1.807) is 6.07 Å². The molecular weight excluding hydrogens is 255 g/mol. The van der Waals surface area contributed by atoms with Gasteiger partial charge in [-0.3, -0.25) is 11.3 Å². The molecule has 1 atom stereocenters. The van der Waals surface area contributed by atoms with Crippen LogP contribution in [0.2, 0.25) is 10.0 Å². The van der Waals surface area contributed by atoms with Crippen molar-refractivity contribution in [3.63, 3.8) is 0 Å². The second kappa shape index (κ2) is 7.22. The summed E-state index contributed by atoms with van der Waals surface area (Å²) in [7, 11) is 0. The summed E-state index contributed by atoms with van der Waals surface area (Å²) in [6.45, 7) is 4.39. The van der Waals surface area contributed by atoms with Gasteiger partial charge in [-0.25, -0.2) is 0 Å². The lowest BCUT2D eigenvalue weighted by Crippen LogP contribution is -2.29. The van der Waals surface area contributed by atoms with Crippen LogP contribution in [-0.4, -0.2) is 0 Å². The highest BCUT2D eigenvalue weighted by Gasteiger charge is 2.18. The average molecular weight is 275 g/mol. The molecule has 0 aromatic heterocycles. The van der Waals surface area contributed by atoms with Gasteiger partial charge in [0.2, 0.25) is 0 Å². The number of nitrogens with two attached hydrogens (primary N) is 1. The van der Waals surface area contributed by atoms with Crippen LogP contribution in [0.15, 0.2) is 18.2 Å². The Morgan fingerprint density at radius 3 is 2.41 bits per heavy atom. The van der Waals surface area contributed by atoms with Gasteiger partial charge in [0.05, 0.1) is 10.0 Å². The van der Waals surface area contributed by atoms with Crippen LogP contribution in [0.3, 0.4) is 0 Å². The fourth-order valence-electron chi connectivity index (χ4n) is 2.03. The Labute approximate surface area is 113 Å². The van der Waals surface area contributed by atoms with Gasteiger partial charge in [0.25, 0.3) is 0 Å². The van der Waals surface area contributed by atoms with Crippen molar-refractivity contribution in [2.75, 3.05) is 0 Å². The third kappa shape index (κ3) is 3.85. The third-order valence-corrected chi connectivity index (χ3v) is 4.12. The second-order valence-corrected chi connectivity index (χ2v) is 5.07. The molecule has 2 nitrogen and oxygen atoms in total. The standard InChI is InChI=1S/C13H20Cl2N2/c1-3-9(4-2)8-12(17-16)10-6-5-7-11(14)13(10)15/h5-7,9,12,17H,3-4,8,16H2,1-2H3.